The second-order valence-electron chi connectivity index (χ2n) is 4.04. The molecular formula is C12H18FNO. The molecule has 0 aromatic heterocycles. The van der Waals surface area contributed by atoms with E-state index in [4.69, 9.17) is 5.11 Å². The molecule has 0 saturated carbocycles. The Balaban J connectivity index is 2.49. The van der Waals surface area contributed by atoms with Gasteiger partial charge in [0.15, 0.2) is 0 Å². The van der Waals surface area contributed by atoms with Gasteiger partial charge in [-0.1, -0.05) is 26.0 Å². The highest BCUT2D eigenvalue weighted by Crippen LogP contribution is 2.05. The third-order valence-electron chi connectivity index (χ3n) is 2.46. The molecule has 15 heavy (non-hydrogen) atoms. The molecule has 0 radical (unpaired) electrons. The van der Waals surface area contributed by atoms with Gasteiger partial charge in [0.2, 0.25) is 0 Å². The number of benzene rings is 1. The number of rotatable bonds is 5. The van der Waals surface area contributed by atoms with Crippen molar-refractivity contribution in [2.75, 3.05) is 6.61 Å². The minimum Gasteiger partial charge on any atom is -0.395 e. The Morgan fingerprint density at radius 2 is 2.13 bits per heavy atom. The summed E-state index contributed by atoms with van der Waals surface area (Å²) in [4.78, 5) is 0. The highest BCUT2D eigenvalue weighted by Gasteiger charge is 2.10. The van der Waals surface area contributed by atoms with Gasteiger partial charge >= 0.3 is 0 Å². The molecule has 84 valence electrons. The van der Waals surface area contributed by atoms with Crippen LogP contribution in [0, 0.1) is 11.7 Å². The average molecular weight is 211 g/mol. The van der Waals surface area contributed by atoms with Crippen LogP contribution in [0.2, 0.25) is 0 Å². The maximum absolute atomic E-state index is 12.9. The molecule has 1 aromatic carbocycles. The molecule has 0 spiro atoms. The van der Waals surface area contributed by atoms with Crippen LogP contribution < -0.4 is 5.32 Å². The Labute approximate surface area is 90.1 Å². The molecule has 0 fully saturated rings. The fourth-order valence-electron chi connectivity index (χ4n) is 1.41. The molecule has 0 unspecified atom stereocenters. The van der Waals surface area contributed by atoms with Gasteiger partial charge in [-0.3, -0.25) is 0 Å². The topological polar surface area (TPSA) is 32.3 Å². The van der Waals surface area contributed by atoms with Gasteiger partial charge in [0.05, 0.1) is 6.61 Å². The molecule has 0 saturated heterocycles. The molecule has 2 nitrogen and oxygen atoms in total. The zero-order chi connectivity index (χ0) is 11.3. The standard InChI is InChI=1S/C12H18FNO/c1-9(2)12(8-15)14-7-10-4-3-5-11(13)6-10/h3-6,9,12,14-15H,7-8H2,1-2H3/t12-/m1/s1. The predicted octanol–water partition coefficient (Wildman–Crippen LogP) is 1.93. The summed E-state index contributed by atoms with van der Waals surface area (Å²) < 4.78 is 12.9. The van der Waals surface area contributed by atoms with Crippen molar-refractivity contribution >= 4 is 0 Å². The molecule has 0 amide bonds. The van der Waals surface area contributed by atoms with Crippen LogP contribution in [0.4, 0.5) is 4.39 Å². The van der Waals surface area contributed by atoms with Crippen molar-refractivity contribution in [1.82, 2.24) is 5.32 Å². The van der Waals surface area contributed by atoms with E-state index in [0.717, 1.165) is 5.56 Å². The van der Waals surface area contributed by atoms with Gasteiger partial charge in [0.1, 0.15) is 5.82 Å². The van der Waals surface area contributed by atoms with Crippen LogP contribution in [0.25, 0.3) is 0 Å². The number of halogens is 1. The van der Waals surface area contributed by atoms with Gasteiger partial charge in [-0.15, -0.1) is 0 Å². The second kappa shape index (κ2) is 5.83. The largest absolute Gasteiger partial charge is 0.395 e. The summed E-state index contributed by atoms with van der Waals surface area (Å²) in [5.41, 5.74) is 0.897. The number of aliphatic hydroxyl groups excluding tert-OH is 1. The molecule has 1 aromatic rings. The Bertz CT molecular complexity index is 301. The van der Waals surface area contributed by atoms with Crippen molar-refractivity contribution in [2.24, 2.45) is 5.92 Å². The monoisotopic (exact) mass is 211 g/mol. The maximum atomic E-state index is 12.9. The highest BCUT2D eigenvalue weighted by atomic mass is 19.1. The first-order valence-corrected chi connectivity index (χ1v) is 5.22. The fourth-order valence-corrected chi connectivity index (χ4v) is 1.41. The molecule has 0 aliphatic rings. The Morgan fingerprint density at radius 3 is 2.67 bits per heavy atom. The molecule has 0 bridgehead atoms. The zero-order valence-corrected chi connectivity index (χ0v) is 9.20. The van der Waals surface area contributed by atoms with E-state index < -0.39 is 0 Å². The first kappa shape index (κ1) is 12.1. The fraction of sp³-hybridized carbons (Fsp3) is 0.500. The van der Waals surface area contributed by atoms with Crippen LogP contribution in [-0.4, -0.2) is 17.8 Å². The SMILES string of the molecule is CC(C)[C@@H](CO)NCc1cccc(F)c1. The van der Waals surface area contributed by atoms with E-state index in [1.54, 1.807) is 6.07 Å². The molecule has 1 atom stereocenters. The first-order valence-electron chi connectivity index (χ1n) is 5.22. The lowest BCUT2D eigenvalue weighted by molar-refractivity contribution is 0.210. The predicted molar refractivity (Wildman–Crippen MR) is 59.0 cm³/mol. The smallest absolute Gasteiger partial charge is 0.123 e. The second-order valence-corrected chi connectivity index (χ2v) is 4.04. The van der Waals surface area contributed by atoms with Crippen LogP contribution in [0.3, 0.4) is 0 Å². The van der Waals surface area contributed by atoms with Crippen LogP contribution in [0.1, 0.15) is 19.4 Å². The summed E-state index contributed by atoms with van der Waals surface area (Å²) >= 11 is 0. The Hall–Kier alpha value is -0.930. The van der Waals surface area contributed by atoms with Gasteiger partial charge in [-0.25, -0.2) is 4.39 Å². The maximum Gasteiger partial charge on any atom is 0.123 e. The van der Waals surface area contributed by atoms with Crippen molar-refractivity contribution in [3.8, 4) is 0 Å². The third-order valence-corrected chi connectivity index (χ3v) is 2.46. The van der Waals surface area contributed by atoms with Crippen molar-refractivity contribution in [1.29, 1.82) is 0 Å². The van der Waals surface area contributed by atoms with E-state index in [2.05, 4.69) is 5.32 Å². The van der Waals surface area contributed by atoms with E-state index in [9.17, 15) is 4.39 Å². The Morgan fingerprint density at radius 1 is 1.40 bits per heavy atom. The summed E-state index contributed by atoms with van der Waals surface area (Å²) in [6.45, 7) is 4.77. The van der Waals surface area contributed by atoms with Crippen LogP contribution >= 0.6 is 0 Å². The van der Waals surface area contributed by atoms with Gasteiger partial charge in [0.25, 0.3) is 0 Å². The first-order chi connectivity index (χ1) is 7.13. The average Bonchev–Trinajstić information content (AvgIpc) is 2.18. The van der Waals surface area contributed by atoms with Gasteiger partial charge in [-0.05, 0) is 23.6 Å². The Kier molecular flexibility index (Phi) is 4.72. The van der Waals surface area contributed by atoms with E-state index in [-0.39, 0.29) is 18.5 Å². The molecule has 2 N–H and O–H groups in total. The van der Waals surface area contributed by atoms with Crippen molar-refractivity contribution < 1.29 is 9.50 Å². The third kappa shape index (κ3) is 3.98. The zero-order valence-electron chi connectivity index (χ0n) is 9.20. The van der Waals surface area contributed by atoms with E-state index in [1.807, 2.05) is 19.9 Å². The van der Waals surface area contributed by atoms with E-state index in [0.29, 0.717) is 12.5 Å². The number of hydrogen-bond acceptors (Lipinski definition) is 2. The van der Waals surface area contributed by atoms with Crippen LogP contribution in [-0.2, 0) is 6.54 Å². The minimum absolute atomic E-state index is 0.0632. The summed E-state index contributed by atoms with van der Waals surface area (Å²) in [5.74, 6) is 0.142. The quantitative estimate of drug-likeness (QED) is 0.780. The van der Waals surface area contributed by atoms with Crippen molar-refractivity contribution in [3.63, 3.8) is 0 Å². The van der Waals surface area contributed by atoms with E-state index in [1.165, 1.54) is 12.1 Å². The summed E-state index contributed by atoms with van der Waals surface area (Å²) in [7, 11) is 0. The summed E-state index contributed by atoms with van der Waals surface area (Å²) in [6, 6.07) is 6.55. The van der Waals surface area contributed by atoms with Gasteiger partial charge in [-0.2, -0.15) is 0 Å². The minimum atomic E-state index is -0.223. The lowest BCUT2D eigenvalue weighted by Crippen LogP contribution is -2.36. The van der Waals surface area contributed by atoms with Gasteiger partial charge < -0.3 is 10.4 Å². The van der Waals surface area contributed by atoms with Crippen LogP contribution in [0.15, 0.2) is 24.3 Å². The lowest BCUT2D eigenvalue weighted by Gasteiger charge is -2.19. The lowest BCUT2D eigenvalue weighted by atomic mass is 10.1. The normalized spacial score (nSPS) is 13.1. The van der Waals surface area contributed by atoms with E-state index >= 15 is 0 Å². The molecule has 0 aliphatic carbocycles. The molecule has 0 aliphatic heterocycles. The summed E-state index contributed by atoms with van der Waals surface area (Å²) in [5, 5.41) is 12.3. The number of hydrogen-bond donors (Lipinski definition) is 2. The molecule has 1 rings (SSSR count). The number of nitrogens with one attached hydrogen (secondary N) is 1. The van der Waals surface area contributed by atoms with Crippen LogP contribution in [0.5, 0.6) is 0 Å². The molecular weight excluding hydrogens is 193 g/mol. The summed E-state index contributed by atoms with van der Waals surface area (Å²) in [6.07, 6.45) is 0. The van der Waals surface area contributed by atoms with Crippen molar-refractivity contribution in [2.45, 2.75) is 26.4 Å². The molecule has 0 heterocycles. The van der Waals surface area contributed by atoms with Gasteiger partial charge in [0, 0.05) is 12.6 Å². The van der Waals surface area contributed by atoms with Crippen molar-refractivity contribution in [3.05, 3.63) is 35.6 Å². The highest BCUT2D eigenvalue weighted by molar-refractivity contribution is 5.16. The number of aliphatic hydroxyl groups is 1. The molecule has 3 heteroatoms.